The van der Waals surface area contributed by atoms with E-state index in [0.717, 1.165) is 83.6 Å². The van der Waals surface area contributed by atoms with Gasteiger partial charge in [-0.2, -0.15) is 5.10 Å². The zero-order chi connectivity index (χ0) is 35.5. The average Bonchev–Trinajstić information content (AvgIpc) is 3.54. The summed E-state index contributed by atoms with van der Waals surface area (Å²) in [6.07, 6.45) is 5.14. The van der Waals surface area contributed by atoms with Gasteiger partial charge in [-0.05, 0) is 94.7 Å². The molecule has 50 heavy (non-hydrogen) atoms. The molecule has 2 aromatic heterocycles. The summed E-state index contributed by atoms with van der Waals surface area (Å²) in [5.41, 5.74) is 7.59. The third kappa shape index (κ3) is 10.0. The van der Waals surface area contributed by atoms with Gasteiger partial charge < -0.3 is 30.9 Å². The van der Waals surface area contributed by atoms with E-state index in [2.05, 4.69) is 64.4 Å². The standard InChI is InChI=1S/C38H51ClN8O3/c1-5-34-31(37(44-29-13-17-50-18-14-29)32-25-43-47(6-2)38(32)45-34)24-42-36(49)21-35(48)41-23-27-11-12-33(39)30(20-27)28-10-7-9-26(19-28)22-40-15-8-16-46(3)4/h7,9-12,19-20,25,29,40H,5-6,8,13-18,21-24H2,1-4H3,(H,41,48)(H,42,49)(H,44,45). The van der Waals surface area contributed by atoms with Crippen LogP contribution in [0.25, 0.3) is 22.2 Å². The van der Waals surface area contributed by atoms with Gasteiger partial charge in [0.15, 0.2) is 5.65 Å². The molecule has 0 radical (unpaired) electrons. The highest BCUT2D eigenvalue weighted by Gasteiger charge is 2.22. The molecule has 4 aromatic rings. The largest absolute Gasteiger partial charge is 0.381 e. The Morgan fingerprint density at radius 1 is 1.00 bits per heavy atom. The van der Waals surface area contributed by atoms with Crippen molar-refractivity contribution in [1.29, 1.82) is 0 Å². The highest BCUT2D eigenvalue weighted by atomic mass is 35.5. The number of aromatic nitrogens is 3. The Morgan fingerprint density at radius 2 is 1.76 bits per heavy atom. The molecule has 1 saturated heterocycles. The van der Waals surface area contributed by atoms with Gasteiger partial charge in [-0.25, -0.2) is 9.67 Å². The summed E-state index contributed by atoms with van der Waals surface area (Å²) >= 11 is 6.62. The fraction of sp³-hybridized carbons (Fsp3) is 0.474. The molecular weight excluding hydrogens is 652 g/mol. The number of nitrogens with one attached hydrogen (secondary N) is 4. The summed E-state index contributed by atoms with van der Waals surface area (Å²) in [6, 6.07) is 14.3. The quantitative estimate of drug-likeness (QED) is 0.0865. The fourth-order valence-corrected chi connectivity index (χ4v) is 6.49. The summed E-state index contributed by atoms with van der Waals surface area (Å²) in [6.45, 7) is 9.55. The molecule has 268 valence electrons. The molecule has 0 bridgehead atoms. The highest BCUT2D eigenvalue weighted by molar-refractivity contribution is 6.33. The summed E-state index contributed by atoms with van der Waals surface area (Å²) in [5.74, 6) is -0.703. The lowest BCUT2D eigenvalue weighted by molar-refractivity contribution is -0.129. The normalized spacial score (nSPS) is 13.6. The van der Waals surface area contributed by atoms with Crippen LogP contribution in [0.3, 0.4) is 0 Å². The van der Waals surface area contributed by atoms with E-state index in [1.54, 1.807) is 0 Å². The number of ether oxygens (including phenoxy) is 1. The molecule has 5 rings (SSSR count). The van der Waals surface area contributed by atoms with Gasteiger partial charge in [0.25, 0.3) is 0 Å². The van der Waals surface area contributed by atoms with Crippen LogP contribution in [0.15, 0.2) is 48.7 Å². The van der Waals surface area contributed by atoms with Gasteiger partial charge in [0.1, 0.15) is 6.42 Å². The van der Waals surface area contributed by atoms with Gasteiger partial charge in [-0.15, -0.1) is 0 Å². The van der Waals surface area contributed by atoms with Crippen molar-refractivity contribution >= 4 is 40.1 Å². The summed E-state index contributed by atoms with van der Waals surface area (Å²) in [4.78, 5) is 33.1. The van der Waals surface area contributed by atoms with Crippen LogP contribution in [0, 0.1) is 0 Å². The SMILES string of the molecule is CCc1nc2c(cnn2CC)c(NC2CCOCC2)c1CNC(=O)CC(=O)NCc1ccc(Cl)c(-c2cccc(CNCCCN(C)C)c2)c1. The van der Waals surface area contributed by atoms with E-state index in [-0.39, 0.29) is 37.4 Å². The maximum atomic E-state index is 13.0. The fourth-order valence-electron chi connectivity index (χ4n) is 6.26. The number of fused-ring (bicyclic) bond motifs is 1. The maximum absolute atomic E-state index is 13.0. The molecular formula is C38H51ClN8O3. The van der Waals surface area contributed by atoms with Crippen molar-refractivity contribution in [2.45, 2.75) is 78.2 Å². The minimum Gasteiger partial charge on any atom is -0.381 e. The summed E-state index contributed by atoms with van der Waals surface area (Å²) < 4.78 is 7.46. The zero-order valence-corrected chi connectivity index (χ0v) is 30.5. The second kappa shape index (κ2) is 18.3. The maximum Gasteiger partial charge on any atom is 0.229 e. The van der Waals surface area contributed by atoms with Gasteiger partial charge in [0.05, 0.1) is 17.3 Å². The van der Waals surface area contributed by atoms with Gasteiger partial charge in [0, 0.05) is 67.3 Å². The first-order valence-corrected chi connectivity index (χ1v) is 18.1. The zero-order valence-electron chi connectivity index (χ0n) is 29.8. The van der Waals surface area contributed by atoms with Crippen molar-refractivity contribution in [2.75, 3.05) is 45.7 Å². The molecule has 1 aliphatic rings. The summed E-state index contributed by atoms with van der Waals surface area (Å²) in [7, 11) is 4.16. The molecule has 1 fully saturated rings. The molecule has 4 N–H and O–H groups in total. The van der Waals surface area contributed by atoms with Crippen molar-refractivity contribution < 1.29 is 14.3 Å². The Hall–Kier alpha value is -4.03. The first-order valence-electron chi connectivity index (χ1n) is 17.7. The lowest BCUT2D eigenvalue weighted by atomic mass is 10.0. The van der Waals surface area contributed by atoms with Crippen LogP contribution in [0.4, 0.5) is 5.69 Å². The monoisotopic (exact) mass is 702 g/mol. The van der Waals surface area contributed by atoms with Crippen molar-refractivity contribution in [3.8, 4) is 11.1 Å². The van der Waals surface area contributed by atoms with Crippen molar-refractivity contribution in [2.24, 2.45) is 0 Å². The molecule has 0 saturated carbocycles. The number of nitrogens with zero attached hydrogens (tertiary/aromatic N) is 4. The minimum absolute atomic E-state index is 0.252. The third-order valence-corrected chi connectivity index (χ3v) is 9.34. The number of anilines is 1. The van der Waals surface area contributed by atoms with Gasteiger partial charge in [-0.1, -0.05) is 42.8 Å². The Balaban J connectivity index is 1.18. The van der Waals surface area contributed by atoms with Crippen LogP contribution < -0.4 is 21.3 Å². The number of hydrogen-bond donors (Lipinski definition) is 4. The Labute approximate surface area is 300 Å². The van der Waals surface area contributed by atoms with E-state index in [1.807, 2.05) is 48.1 Å². The smallest absolute Gasteiger partial charge is 0.229 e. The van der Waals surface area contributed by atoms with Crippen LogP contribution in [-0.4, -0.2) is 77.9 Å². The summed E-state index contributed by atoms with van der Waals surface area (Å²) in [5, 5.41) is 19.2. The van der Waals surface area contributed by atoms with E-state index in [4.69, 9.17) is 21.3 Å². The lowest BCUT2D eigenvalue weighted by Crippen LogP contribution is -2.32. The van der Waals surface area contributed by atoms with Crippen LogP contribution in [-0.2, 0) is 46.9 Å². The predicted molar refractivity (Wildman–Crippen MR) is 200 cm³/mol. The number of benzene rings is 2. The molecule has 0 spiro atoms. The van der Waals surface area contributed by atoms with Crippen LogP contribution in [0.1, 0.15) is 61.9 Å². The second-order valence-corrected chi connectivity index (χ2v) is 13.5. The van der Waals surface area contributed by atoms with Crippen LogP contribution in [0.5, 0.6) is 0 Å². The van der Waals surface area contributed by atoms with Crippen LogP contribution >= 0.6 is 11.6 Å². The Kier molecular flexibility index (Phi) is 13.6. The molecule has 1 aliphatic heterocycles. The number of pyridine rings is 1. The van der Waals surface area contributed by atoms with E-state index in [9.17, 15) is 9.59 Å². The number of carbonyl (C=O) groups excluding carboxylic acids is 2. The minimum atomic E-state index is -0.352. The molecule has 3 heterocycles. The van der Waals surface area contributed by atoms with E-state index >= 15 is 0 Å². The number of aryl methyl sites for hydroxylation is 2. The first kappa shape index (κ1) is 37.2. The molecule has 2 aromatic carbocycles. The average molecular weight is 703 g/mol. The van der Waals surface area contributed by atoms with E-state index in [0.29, 0.717) is 31.2 Å². The molecule has 0 atom stereocenters. The van der Waals surface area contributed by atoms with Crippen LogP contribution in [0.2, 0.25) is 5.02 Å². The predicted octanol–water partition coefficient (Wildman–Crippen LogP) is 5.29. The lowest BCUT2D eigenvalue weighted by Gasteiger charge is -2.26. The number of halogens is 1. The topological polar surface area (TPSA) is 125 Å². The van der Waals surface area contributed by atoms with E-state index < -0.39 is 0 Å². The number of rotatable bonds is 17. The molecule has 0 aliphatic carbocycles. The first-order chi connectivity index (χ1) is 24.2. The molecule has 2 amide bonds. The van der Waals surface area contributed by atoms with Gasteiger partial charge >= 0.3 is 0 Å². The Morgan fingerprint density at radius 3 is 2.50 bits per heavy atom. The molecule has 12 heteroatoms. The van der Waals surface area contributed by atoms with Gasteiger partial charge in [-0.3, -0.25) is 9.59 Å². The second-order valence-electron chi connectivity index (χ2n) is 13.1. The third-order valence-electron chi connectivity index (χ3n) is 9.01. The number of carbonyl (C=O) groups is 2. The van der Waals surface area contributed by atoms with Crippen molar-refractivity contribution in [1.82, 2.24) is 35.6 Å². The molecule has 0 unspecified atom stereocenters. The van der Waals surface area contributed by atoms with E-state index in [1.165, 1.54) is 5.56 Å². The number of amides is 2. The van der Waals surface area contributed by atoms with Crippen molar-refractivity contribution in [3.63, 3.8) is 0 Å². The Bertz CT molecular complexity index is 1750. The number of hydrogen-bond acceptors (Lipinski definition) is 8. The van der Waals surface area contributed by atoms with Crippen molar-refractivity contribution in [3.05, 3.63) is 76.1 Å². The van der Waals surface area contributed by atoms with Gasteiger partial charge in [0.2, 0.25) is 11.8 Å². The molecule has 11 nitrogen and oxygen atoms in total. The highest BCUT2D eigenvalue weighted by Crippen LogP contribution is 2.32.